The molecule has 0 heterocycles. The summed E-state index contributed by atoms with van der Waals surface area (Å²) < 4.78 is 0. The number of aryl methyl sites for hydroxylation is 1. The van der Waals surface area contributed by atoms with Gasteiger partial charge in [0.15, 0.2) is 0 Å². The molecule has 0 amide bonds. The zero-order valence-corrected chi connectivity index (χ0v) is 6.90. The number of nitriles is 1. The number of nitrogens with zero attached hydrogens (tertiary/aromatic N) is 1. The van der Waals surface area contributed by atoms with Gasteiger partial charge in [0.25, 0.3) is 0 Å². The molecular formula is C10H12N2. The maximum Gasteiger partial charge on any atom is 0.0931 e. The first-order valence-corrected chi connectivity index (χ1v) is 4.02. The summed E-state index contributed by atoms with van der Waals surface area (Å²) in [4.78, 5) is 0. The first-order valence-electron chi connectivity index (χ1n) is 4.02. The van der Waals surface area contributed by atoms with Crippen molar-refractivity contribution in [1.29, 1.82) is 5.26 Å². The predicted molar refractivity (Wildman–Crippen MR) is 48.4 cm³/mol. The molecule has 2 N–H and O–H groups in total. The second-order valence-electron chi connectivity index (χ2n) is 2.76. The van der Waals surface area contributed by atoms with Crippen LogP contribution in [0.15, 0.2) is 30.3 Å². The van der Waals surface area contributed by atoms with Crippen molar-refractivity contribution in [2.75, 3.05) is 0 Å². The summed E-state index contributed by atoms with van der Waals surface area (Å²) in [5, 5.41) is 8.44. The van der Waals surface area contributed by atoms with E-state index in [1.54, 1.807) is 0 Å². The summed E-state index contributed by atoms with van der Waals surface area (Å²) >= 11 is 0. The van der Waals surface area contributed by atoms with Gasteiger partial charge in [-0.25, -0.2) is 0 Å². The Morgan fingerprint density at radius 1 is 1.33 bits per heavy atom. The Hall–Kier alpha value is -1.33. The summed E-state index contributed by atoms with van der Waals surface area (Å²) in [7, 11) is 0. The molecule has 0 saturated carbocycles. The van der Waals surface area contributed by atoms with Crippen molar-refractivity contribution in [1.82, 2.24) is 0 Å². The van der Waals surface area contributed by atoms with E-state index in [-0.39, 0.29) is 6.04 Å². The van der Waals surface area contributed by atoms with Crippen LogP contribution in [0.5, 0.6) is 0 Å². The van der Waals surface area contributed by atoms with Crippen molar-refractivity contribution in [3.05, 3.63) is 35.9 Å². The van der Waals surface area contributed by atoms with Crippen LogP contribution >= 0.6 is 0 Å². The monoisotopic (exact) mass is 160 g/mol. The fourth-order valence-electron chi connectivity index (χ4n) is 1.03. The van der Waals surface area contributed by atoms with E-state index in [1.807, 2.05) is 36.4 Å². The zero-order valence-electron chi connectivity index (χ0n) is 6.90. The summed E-state index contributed by atoms with van der Waals surface area (Å²) in [5.41, 5.74) is 6.70. The van der Waals surface area contributed by atoms with Gasteiger partial charge in [0.05, 0.1) is 12.1 Å². The van der Waals surface area contributed by atoms with Gasteiger partial charge in [-0.3, -0.25) is 0 Å². The van der Waals surface area contributed by atoms with E-state index < -0.39 is 0 Å². The number of rotatable bonds is 3. The van der Waals surface area contributed by atoms with E-state index in [0.717, 1.165) is 12.8 Å². The SMILES string of the molecule is N#CC(N)CCc1ccccc1. The number of nitrogens with two attached hydrogens (primary N) is 1. The van der Waals surface area contributed by atoms with Crippen LogP contribution in [-0.2, 0) is 6.42 Å². The molecule has 0 saturated heterocycles. The van der Waals surface area contributed by atoms with Crippen LogP contribution in [0.4, 0.5) is 0 Å². The van der Waals surface area contributed by atoms with Crippen molar-refractivity contribution in [2.24, 2.45) is 5.73 Å². The molecule has 0 aliphatic carbocycles. The third-order valence-electron chi connectivity index (χ3n) is 1.75. The Bertz CT molecular complexity index is 261. The molecule has 1 rings (SSSR count). The minimum atomic E-state index is -0.329. The number of benzene rings is 1. The molecule has 0 bridgehead atoms. The largest absolute Gasteiger partial charge is 0.316 e. The van der Waals surface area contributed by atoms with Gasteiger partial charge < -0.3 is 5.73 Å². The standard InChI is InChI=1S/C10H12N2/c11-8-10(12)7-6-9-4-2-1-3-5-9/h1-5,10H,6-7,12H2. The van der Waals surface area contributed by atoms with Gasteiger partial charge in [-0.2, -0.15) is 5.26 Å². The molecule has 12 heavy (non-hydrogen) atoms. The van der Waals surface area contributed by atoms with E-state index >= 15 is 0 Å². The lowest BCUT2D eigenvalue weighted by Crippen LogP contribution is -2.17. The normalized spacial score (nSPS) is 12.0. The lowest BCUT2D eigenvalue weighted by atomic mass is 10.1. The third-order valence-corrected chi connectivity index (χ3v) is 1.75. The first-order chi connectivity index (χ1) is 5.83. The smallest absolute Gasteiger partial charge is 0.0931 e. The van der Waals surface area contributed by atoms with Crippen LogP contribution in [-0.4, -0.2) is 6.04 Å². The molecule has 1 aromatic rings. The topological polar surface area (TPSA) is 49.8 Å². The molecule has 0 aliphatic rings. The molecule has 1 aromatic carbocycles. The highest BCUT2D eigenvalue weighted by atomic mass is 14.6. The van der Waals surface area contributed by atoms with Crippen molar-refractivity contribution >= 4 is 0 Å². The lowest BCUT2D eigenvalue weighted by molar-refractivity contribution is 0.731. The Morgan fingerprint density at radius 2 is 2.00 bits per heavy atom. The minimum absolute atomic E-state index is 0.329. The highest BCUT2D eigenvalue weighted by molar-refractivity contribution is 5.15. The van der Waals surface area contributed by atoms with Crippen LogP contribution in [0.25, 0.3) is 0 Å². The van der Waals surface area contributed by atoms with Crippen molar-refractivity contribution in [2.45, 2.75) is 18.9 Å². The van der Waals surface area contributed by atoms with E-state index in [9.17, 15) is 0 Å². The van der Waals surface area contributed by atoms with E-state index in [4.69, 9.17) is 11.0 Å². The van der Waals surface area contributed by atoms with Crippen LogP contribution < -0.4 is 5.73 Å². The van der Waals surface area contributed by atoms with Crippen LogP contribution in [0.2, 0.25) is 0 Å². The zero-order chi connectivity index (χ0) is 8.81. The molecule has 0 fully saturated rings. The maximum atomic E-state index is 8.44. The van der Waals surface area contributed by atoms with Crippen molar-refractivity contribution in [3.8, 4) is 6.07 Å². The summed E-state index contributed by atoms with van der Waals surface area (Å²) in [6.07, 6.45) is 1.62. The molecule has 0 aromatic heterocycles. The van der Waals surface area contributed by atoms with Gasteiger partial charge in [-0.1, -0.05) is 30.3 Å². The maximum absolute atomic E-state index is 8.44. The van der Waals surface area contributed by atoms with E-state index in [2.05, 4.69) is 0 Å². The summed E-state index contributed by atoms with van der Waals surface area (Å²) in [6, 6.07) is 11.7. The Balaban J connectivity index is 2.40. The highest BCUT2D eigenvalue weighted by Gasteiger charge is 1.99. The molecule has 2 nitrogen and oxygen atoms in total. The predicted octanol–water partition coefficient (Wildman–Crippen LogP) is 1.47. The van der Waals surface area contributed by atoms with Gasteiger partial charge in [-0.15, -0.1) is 0 Å². The highest BCUT2D eigenvalue weighted by Crippen LogP contribution is 2.03. The second kappa shape index (κ2) is 4.53. The van der Waals surface area contributed by atoms with Crippen LogP contribution in [0.3, 0.4) is 0 Å². The Labute approximate surface area is 72.6 Å². The van der Waals surface area contributed by atoms with Gasteiger partial charge >= 0.3 is 0 Å². The van der Waals surface area contributed by atoms with Crippen LogP contribution in [0, 0.1) is 11.3 Å². The van der Waals surface area contributed by atoms with Gasteiger partial charge in [0.1, 0.15) is 0 Å². The fraction of sp³-hybridized carbons (Fsp3) is 0.300. The van der Waals surface area contributed by atoms with Gasteiger partial charge in [-0.05, 0) is 18.4 Å². The molecule has 1 atom stereocenters. The van der Waals surface area contributed by atoms with Crippen molar-refractivity contribution in [3.63, 3.8) is 0 Å². The van der Waals surface area contributed by atoms with E-state index in [0.29, 0.717) is 0 Å². The molecule has 0 aliphatic heterocycles. The van der Waals surface area contributed by atoms with Gasteiger partial charge in [0, 0.05) is 0 Å². The average molecular weight is 160 g/mol. The van der Waals surface area contributed by atoms with Crippen molar-refractivity contribution < 1.29 is 0 Å². The second-order valence-corrected chi connectivity index (χ2v) is 2.76. The molecule has 0 spiro atoms. The number of hydrogen-bond donors (Lipinski definition) is 1. The van der Waals surface area contributed by atoms with Crippen LogP contribution in [0.1, 0.15) is 12.0 Å². The van der Waals surface area contributed by atoms with Gasteiger partial charge in [0.2, 0.25) is 0 Å². The molecule has 2 heteroatoms. The molecular weight excluding hydrogens is 148 g/mol. The molecule has 62 valence electrons. The number of hydrogen-bond acceptors (Lipinski definition) is 2. The Morgan fingerprint density at radius 3 is 2.58 bits per heavy atom. The Kier molecular flexibility index (Phi) is 3.31. The average Bonchev–Trinajstić information content (AvgIpc) is 2.16. The first kappa shape index (κ1) is 8.76. The third kappa shape index (κ3) is 2.73. The van der Waals surface area contributed by atoms with E-state index in [1.165, 1.54) is 5.56 Å². The molecule has 1 unspecified atom stereocenters. The summed E-state index contributed by atoms with van der Waals surface area (Å²) in [6.45, 7) is 0. The fourth-order valence-corrected chi connectivity index (χ4v) is 1.03. The minimum Gasteiger partial charge on any atom is -0.316 e. The lowest BCUT2D eigenvalue weighted by Gasteiger charge is -2.01. The molecule has 0 radical (unpaired) electrons. The quantitative estimate of drug-likeness (QED) is 0.727. The summed E-state index contributed by atoms with van der Waals surface area (Å²) in [5.74, 6) is 0.